The maximum atomic E-state index is 6.51. The van der Waals surface area contributed by atoms with Crippen LogP contribution in [0.5, 0.6) is 0 Å². The van der Waals surface area contributed by atoms with E-state index in [0.29, 0.717) is 23.1 Å². The summed E-state index contributed by atoms with van der Waals surface area (Å²) in [6.07, 6.45) is 3.47. The predicted octanol–water partition coefficient (Wildman–Crippen LogP) is 6.09. The van der Waals surface area contributed by atoms with Crippen molar-refractivity contribution in [3.63, 3.8) is 0 Å². The van der Waals surface area contributed by atoms with Crippen LogP contribution in [0.25, 0.3) is 22.2 Å². The quantitative estimate of drug-likeness (QED) is 0.515. The first-order chi connectivity index (χ1) is 14.6. The molecular weight excluding hydrogens is 398 g/mol. The van der Waals surface area contributed by atoms with Gasteiger partial charge in [-0.2, -0.15) is 0 Å². The van der Waals surface area contributed by atoms with Gasteiger partial charge in [0.2, 0.25) is 6.79 Å². The number of ether oxygens (including phenoxy) is 3. The van der Waals surface area contributed by atoms with E-state index in [9.17, 15) is 0 Å². The van der Waals surface area contributed by atoms with E-state index in [1.807, 2.05) is 42.5 Å². The second kappa shape index (κ2) is 7.63. The molecule has 1 aliphatic carbocycles. The molecule has 2 aliphatic rings. The van der Waals surface area contributed by atoms with E-state index >= 15 is 0 Å². The molecule has 4 nitrogen and oxygen atoms in total. The first kappa shape index (κ1) is 18.9. The maximum Gasteiger partial charge on any atom is 0.231 e. The van der Waals surface area contributed by atoms with Crippen molar-refractivity contribution < 1.29 is 14.2 Å². The second-order valence-corrected chi connectivity index (χ2v) is 7.78. The Labute approximate surface area is 180 Å². The van der Waals surface area contributed by atoms with Crippen LogP contribution in [0.4, 0.5) is 0 Å². The summed E-state index contributed by atoms with van der Waals surface area (Å²) in [6.45, 7) is 6.75. The summed E-state index contributed by atoms with van der Waals surface area (Å²) in [5.74, 6) is 1.41. The zero-order valence-corrected chi connectivity index (χ0v) is 17.3. The van der Waals surface area contributed by atoms with Crippen LogP contribution in [0.2, 0.25) is 5.02 Å². The highest BCUT2D eigenvalue weighted by Gasteiger charge is 2.26. The van der Waals surface area contributed by atoms with Crippen molar-refractivity contribution >= 4 is 22.5 Å². The lowest BCUT2D eigenvalue weighted by Gasteiger charge is -2.20. The van der Waals surface area contributed by atoms with Gasteiger partial charge in [-0.3, -0.25) is 0 Å². The van der Waals surface area contributed by atoms with Gasteiger partial charge in [-0.15, -0.1) is 0 Å². The lowest BCUT2D eigenvalue weighted by molar-refractivity contribution is 0.0883. The lowest BCUT2D eigenvalue weighted by Crippen LogP contribution is -2.16. The van der Waals surface area contributed by atoms with Crippen LogP contribution in [0.15, 0.2) is 84.4 Å². The van der Waals surface area contributed by atoms with E-state index in [1.165, 1.54) is 0 Å². The standard InChI is InChI=1S/C25H20ClNO3/c1-15-6-5-7-17-11-18(25(27-24(15)17)19-8-3-4-9-20(19)26)13-28-21-12-23-22(10-16(21)2)29-14-30-23/h3-12,21H,2,13-14H2,1H3. The van der Waals surface area contributed by atoms with Crippen LogP contribution in [0.3, 0.4) is 0 Å². The molecule has 1 saturated heterocycles. The third-order valence-corrected chi connectivity index (χ3v) is 5.66. The van der Waals surface area contributed by atoms with Crippen molar-refractivity contribution in [2.45, 2.75) is 19.6 Å². The number of fused-ring (bicyclic) bond motifs is 2. The summed E-state index contributed by atoms with van der Waals surface area (Å²) in [5, 5.41) is 1.73. The Bertz CT molecular complexity index is 1230. The Kier molecular flexibility index (Phi) is 4.81. The van der Waals surface area contributed by atoms with E-state index < -0.39 is 0 Å². The van der Waals surface area contributed by atoms with Gasteiger partial charge in [-0.1, -0.05) is 54.6 Å². The minimum Gasteiger partial charge on any atom is -0.454 e. The normalized spacial score (nSPS) is 17.8. The largest absolute Gasteiger partial charge is 0.454 e. The minimum atomic E-state index is -0.294. The van der Waals surface area contributed by atoms with Crippen LogP contribution in [-0.4, -0.2) is 17.9 Å². The van der Waals surface area contributed by atoms with Crippen molar-refractivity contribution in [3.8, 4) is 11.3 Å². The smallest absolute Gasteiger partial charge is 0.231 e. The number of pyridine rings is 1. The number of hydrogen-bond acceptors (Lipinski definition) is 4. The van der Waals surface area contributed by atoms with Crippen molar-refractivity contribution in [3.05, 3.63) is 101 Å². The molecule has 1 fully saturated rings. The van der Waals surface area contributed by atoms with E-state index in [2.05, 4.69) is 31.7 Å². The summed E-state index contributed by atoms with van der Waals surface area (Å²) in [5.41, 5.74) is 5.58. The molecule has 3 aromatic rings. The van der Waals surface area contributed by atoms with Gasteiger partial charge in [0.1, 0.15) is 6.10 Å². The number of halogens is 1. The SMILES string of the molecule is C=C1C=C2OCOC2=CC1OCc1cc2cccc(C)c2nc1-c1ccccc1Cl. The minimum absolute atomic E-state index is 0.224. The second-order valence-electron chi connectivity index (χ2n) is 7.38. The Morgan fingerprint density at radius 1 is 1.13 bits per heavy atom. The van der Waals surface area contributed by atoms with Gasteiger partial charge >= 0.3 is 0 Å². The first-order valence-corrected chi connectivity index (χ1v) is 10.1. The molecule has 30 heavy (non-hydrogen) atoms. The Balaban J connectivity index is 1.53. The summed E-state index contributed by atoms with van der Waals surface area (Å²) < 4.78 is 17.1. The van der Waals surface area contributed by atoms with Crippen molar-refractivity contribution in [2.75, 3.05) is 6.79 Å². The van der Waals surface area contributed by atoms with Gasteiger partial charge in [-0.25, -0.2) is 4.98 Å². The zero-order valence-electron chi connectivity index (χ0n) is 16.5. The molecule has 0 spiro atoms. The van der Waals surface area contributed by atoms with E-state index in [0.717, 1.165) is 38.9 Å². The van der Waals surface area contributed by atoms with Crippen LogP contribution in [0, 0.1) is 6.92 Å². The molecule has 2 heterocycles. The highest BCUT2D eigenvalue weighted by Crippen LogP contribution is 2.34. The summed E-state index contributed by atoms with van der Waals surface area (Å²) >= 11 is 6.51. The predicted molar refractivity (Wildman–Crippen MR) is 118 cm³/mol. The number of benzene rings is 2. The number of para-hydroxylation sites is 1. The monoisotopic (exact) mass is 417 g/mol. The maximum absolute atomic E-state index is 6.51. The van der Waals surface area contributed by atoms with Crippen LogP contribution < -0.4 is 0 Å². The number of aromatic nitrogens is 1. The Morgan fingerprint density at radius 3 is 2.83 bits per heavy atom. The average Bonchev–Trinajstić information content (AvgIpc) is 3.19. The van der Waals surface area contributed by atoms with Crippen molar-refractivity contribution in [1.82, 2.24) is 4.98 Å². The van der Waals surface area contributed by atoms with Gasteiger partial charge in [-0.05, 0) is 42.3 Å². The molecule has 150 valence electrons. The topological polar surface area (TPSA) is 40.6 Å². The van der Waals surface area contributed by atoms with E-state index in [1.54, 1.807) is 0 Å². The molecule has 1 atom stereocenters. The first-order valence-electron chi connectivity index (χ1n) is 9.74. The average molecular weight is 418 g/mol. The van der Waals surface area contributed by atoms with E-state index in [-0.39, 0.29) is 12.9 Å². The number of aryl methyl sites for hydroxylation is 1. The fourth-order valence-electron chi connectivity index (χ4n) is 3.76. The Morgan fingerprint density at radius 2 is 1.97 bits per heavy atom. The number of nitrogens with zero attached hydrogens (tertiary/aromatic N) is 1. The molecule has 0 N–H and O–H groups in total. The molecular formula is C25H20ClNO3. The van der Waals surface area contributed by atoms with Crippen LogP contribution >= 0.6 is 11.6 Å². The van der Waals surface area contributed by atoms with Crippen molar-refractivity contribution in [1.29, 1.82) is 0 Å². The summed E-state index contributed by atoms with van der Waals surface area (Å²) in [7, 11) is 0. The third-order valence-electron chi connectivity index (χ3n) is 5.33. The fourth-order valence-corrected chi connectivity index (χ4v) is 3.98. The number of hydrogen-bond donors (Lipinski definition) is 0. The molecule has 0 radical (unpaired) electrons. The van der Waals surface area contributed by atoms with Crippen LogP contribution in [0.1, 0.15) is 11.1 Å². The van der Waals surface area contributed by atoms with Gasteiger partial charge in [0, 0.05) is 21.5 Å². The summed E-state index contributed by atoms with van der Waals surface area (Å²) in [4.78, 5) is 4.98. The molecule has 5 heteroatoms. The van der Waals surface area contributed by atoms with Gasteiger partial charge in [0.25, 0.3) is 0 Å². The van der Waals surface area contributed by atoms with Gasteiger partial charge in [0.05, 0.1) is 17.8 Å². The van der Waals surface area contributed by atoms with Crippen LogP contribution in [-0.2, 0) is 20.8 Å². The molecule has 0 bridgehead atoms. The van der Waals surface area contributed by atoms with Gasteiger partial charge < -0.3 is 14.2 Å². The highest BCUT2D eigenvalue weighted by atomic mass is 35.5. The molecule has 1 aromatic heterocycles. The van der Waals surface area contributed by atoms with Crippen molar-refractivity contribution in [2.24, 2.45) is 0 Å². The highest BCUT2D eigenvalue weighted by molar-refractivity contribution is 6.33. The van der Waals surface area contributed by atoms with Gasteiger partial charge in [0.15, 0.2) is 11.5 Å². The fraction of sp³-hybridized carbons (Fsp3) is 0.160. The lowest BCUT2D eigenvalue weighted by atomic mass is 10.0. The zero-order chi connectivity index (χ0) is 20.7. The Hall–Kier alpha value is -3.08. The molecule has 0 saturated carbocycles. The molecule has 1 unspecified atom stereocenters. The molecule has 5 rings (SSSR count). The molecule has 2 aromatic carbocycles. The van der Waals surface area contributed by atoms with E-state index in [4.69, 9.17) is 30.8 Å². The third kappa shape index (κ3) is 3.38. The number of rotatable bonds is 4. The summed E-state index contributed by atoms with van der Waals surface area (Å²) in [6, 6.07) is 16.0. The molecule has 1 aliphatic heterocycles. The molecule has 0 amide bonds.